The predicted octanol–water partition coefficient (Wildman–Crippen LogP) is 16.8. The van der Waals surface area contributed by atoms with Crippen LogP contribution < -0.4 is 5.32 Å². The van der Waals surface area contributed by atoms with E-state index in [-0.39, 0.29) is 19.4 Å². The van der Waals surface area contributed by atoms with E-state index in [0.717, 1.165) is 122 Å². The van der Waals surface area contributed by atoms with Gasteiger partial charge in [0.25, 0.3) is 0 Å². The summed E-state index contributed by atoms with van der Waals surface area (Å²) in [6, 6.07) is -1.04. The fourth-order valence-corrected chi connectivity index (χ4v) is 9.79. The number of nitrogens with one attached hydrogen (secondary N) is 1. The third-order valence-electron chi connectivity index (χ3n) is 15.1. The van der Waals surface area contributed by atoms with Crippen molar-refractivity contribution >= 4 is 11.9 Å². The summed E-state index contributed by atoms with van der Waals surface area (Å²) < 4.78 is 17.6. The number of unbranched alkanes of at least 4 members (excludes halogenated alkanes) is 26. The van der Waals surface area contributed by atoms with Gasteiger partial charge in [0.1, 0.15) is 24.4 Å². The largest absolute Gasteiger partial charge is 0.454 e. The molecule has 0 aliphatic carbocycles. The van der Waals surface area contributed by atoms with Crippen LogP contribution in [0.25, 0.3) is 0 Å². The number of esters is 1. The second-order valence-corrected chi connectivity index (χ2v) is 22.8. The summed E-state index contributed by atoms with van der Waals surface area (Å²) in [5, 5.41) is 57.1. The van der Waals surface area contributed by atoms with E-state index < -0.39 is 67.4 Å². The molecule has 476 valence electrons. The number of allylic oxidation sites excluding steroid dienone is 17. The zero-order valence-corrected chi connectivity index (χ0v) is 52.8. The summed E-state index contributed by atoms with van der Waals surface area (Å²) in [5.41, 5.74) is 0. The van der Waals surface area contributed by atoms with E-state index >= 15 is 0 Å². The SMILES string of the molecule is CCCCC/C=C\C/C=C\C/C=C\C/C=C\CCCCCCCCC(O)C(=O)NC(COC1OC(CO)C(O)C(O)C1OC(=O)CCCCC/C=C\C/C=C\C/C=C\C/C=C\CCCCC)C(O)/C=C/CCCCCCCCCCCCC. The number of rotatable bonds is 56. The molecule has 1 aliphatic heterocycles. The van der Waals surface area contributed by atoms with Crippen molar-refractivity contribution in [1.82, 2.24) is 5.32 Å². The molecule has 0 aromatic carbocycles. The summed E-state index contributed by atoms with van der Waals surface area (Å²) in [6.45, 7) is 5.72. The molecule has 1 saturated heterocycles. The predicted molar refractivity (Wildman–Crippen MR) is 347 cm³/mol. The van der Waals surface area contributed by atoms with Crippen molar-refractivity contribution in [2.75, 3.05) is 13.2 Å². The lowest BCUT2D eigenvalue weighted by molar-refractivity contribution is -0.305. The summed E-state index contributed by atoms with van der Waals surface area (Å²) >= 11 is 0. The highest BCUT2D eigenvalue weighted by Gasteiger charge is 2.47. The average molecular weight is 1160 g/mol. The maximum atomic E-state index is 13.5. The van der Waals surface area contributed by atoms with Crippen LogP contribution in [0, 0.1) is 0 Å². The number of aliphatic hydroxyl groups is 5. The van der Waals surface area contributed by atoms with Gasteiger partial charge in [0.05, 0.1) is 25.4 Å². The second-order valence-electron chi connectivity index (χ2n) is 22.8. The fraction of sp³-hybridized carbons (Fsp3) is 0.722. The molecule has 8 unspecified atom stereocenters. The molecular weight excluding hydrogens is 1040 g/mol. The molecule has 0 aromatic heterocycles. The number of aliphatic hydroxyl groups excluding tert-OH is 5. The minimum absolute atomic E-state index is 0.0794. The fourth-order valence-electron chi connectivity index (χ4n) is 9.79. The average Bonchev–Trinajstić information content (AvgIpc) is 3.54. The number of ether oxygens (including phenoxy) is 3. The zero-order chi connectivity index (χ0) is 60.3. The molecule has 0 bridgehead atoms. The summed E-state index contributed by atoms with van der Waals surface area (Å²) in [6.07, 6.45) is 69.7. The van der Waals surface area contributed by atoms with Gasteiger partial charge in [-0.2, -0.15) is 0 Å². The van der Waals surface area contributed by atoms with Crippen LogP contribution >= 0.6 is 0 Å². The van der Waals surface area contributed by atoms with Crippen LogP contribution in [0.3, 0.4) is 0 Å². The molecule has 0 aromatic rings. The lowest BCUT2D eigenvalue weighted by Gasteiger charge is -2.41. The molecule has 1 aliphatic rings. The first kappa shape index (κ1) is 77.3. The summed E-state index contributed by atoms with van der Waals surface area (Å²) in [7, 11) is 0. The van der Waals surface area contributed by atoms with Gasteiger partial charge in [-0.1, -0.05) is 259 Å². The van der Waals surface area contributed by atoms with E-state index in [1.165, 1.54) is 103 Å². The maximum absolute atomic E-state index is 13.5. The molecule has 11 heteroatoms. The van der Waals surface area contributed by atoms with E-state index in [1.54, 1.807) is 6.08 Å². The molecule has 11 nitrogen and oxygen atoms in total. The van der Waals surface area contributed by atoms with E-state index in [2.05, 4.69) is 123 Å². The molecule has 6 N–H and O–H groups in total. The molecule has 0 saturated carbocycles. The topological polar surface area (TPSA) is 175 Å². The highest BCUT2D eigenvalue weighted by Crippen LogP contribution is 2.26. The molecule has 1 fully saturated rings. The van der Waals surface area contributed by atoms with Crippen LogP contribution in [0.5, 0.6) is 0 Å². The monoisotopic (exact) mass is 1160 g/mol. The molecule has 1 heterocycles. The molecule has 83 heavy (non-hydrogen) atoms. The standard InChI is InChI=1S/C72H123NO10/c1-4-7-10-13-16-19-22-25-27-29-31-32-33-35-36-38-41-44-47-50-53-56-59-65(76)71(80)73-63(64(75)58-55-52-49-46-43-40-24-21-18-15-12-9-6-3)62-81-72-70(69(79)68(78)66(61-74)82-72)83-67(77)60-57-54-51-48-45-42-39-37-34-30-28-26-23-20-17-14-11-8-5-2/h16-17,19-20,25-28,31-32,34-37,42,45,55,58,63-66,68-70,72,74-76,78-79H,4-15,18,21-24,29-30,33,38-41,43-44,46-54,56-57,59-62H2,1-3H3,(H,73,80)/b19-16-,20-17-,27-25-,28-26-,32-31-,36-35-,37-34-,45-42-,58-55+. The van der Waals surface area contributed by atoms with Gasteiger partial charge in [0.2, 0.25) is 5.91 Å². The highest BCUT2D eigenvalue weighted by atomic mass is 16.7. The Morgan fingerprint density at radius 3 is 1.27 bits per heavy atom. The van der Waals surface area contributed by atoms with Gasteiger partial charge in [-0.25, -0.2) is 0 Å². The third-order valence-corrected chi connectivity index (χ3v) is 15.1. The Bertz CT molecular complexity index is 1770. The molecular formula is C72H123NO10. The van der Waals surface area contributed by atoms with Crippen molar-refractivity contribution in [1.29, 1.82) is 0 Å². The number of hydrogen-bond donors (Lipinski definition) is 6. The van der Waals surface area contributed by atoms with Crippen LogP contribution in [0.15, 0.2) is 109 Å². The van der Waals surface area contributed by atoms with Gasteiger partial charge < -0.3 is 45.1 Å². The van der Waals surface area contributed by atoms with Crippen molar-refractivity contribution in [2.24, 2.45) is 0 Å². The molecule has 0 spiro atoms. The quantitative estimate of drug-likeness (QED) is 0.0195. The Morgan fingerprint density at radius 2 is 0.831 bits per heavy atom. The van der Waals surface area contributed by atoms with E-state index in [9.17, 15) is 35.1 Å². The normalized spacial score (nSPS) is 19.3. The van der Waals surface area contributed by atoms with Gasteiger partial charge in [0.15, 0.2) is 12.4 Å². The number of carbonyl (C=O) groups excluding carboxylic acids is 2. The minimum atomic E-state index is -1.64. The Kier molecular flexibility index (Phi) is 54.7. The van der Waals surface area contributed by atoms with Gasteiger partial charge in [-0.3, -0.25) is 9.59 Å². The van der Waals surface area contributed by atoms with E-state index in [4.69, 9.17) is 14.2 Å². The van der Waals surface area contributed by atoms with Crippen molar-refractivity contribution in [3.05, 3.63) is 109 Å². The molecule has 1 rings (SSSR count). The Hall–Kier alpha value is -3.68. The van der Waals surface area contributed by atoms with Gasteiger partial charge in [-0.05, 0) is 116 Å². The number of hydrogen-bond acceptors (Lipinski definition) is 10. The summed E-state index contributed by atoms with van der Waals surface area (Å²) in [4.78, 5) is 26.6. The highest BCUT2D eigenvalue weighted by molar-refractivity contribution is 5.80. The van der Waals surface area contributed by atoms with Crippen molar-refractivity contribution in [3.8, 4) is 0 Å². The first-order chi connectivity index (χ1) is 40.7. The first-order valence-electron chi connectivity index (χ1n) is 33.7. The van der Waals surface area contributed by atoms with Crippen molar-refractivity contribution in [3.63, 3.8) is 0 Å². The van der Waals surface area contributed by atoms with Crippen LogP contribution in [0.4, 0.5) is 0 Å². The Labute approximate surface area is 507 Å². The lowest BCUT2D eigenvalue weighted by Crippen LogP contribution is -2.61. The third kappa shape index (κ3) is 46.2. The van der Waals surface area contributed by atoms with Crippen molar-refractivity contribution in [2.45, 2.75) is 320 Å². The van der Waals surface area contributed by atoms with Crippen LogP contribution in [-0.2, 0) is 23.8 Å². The van der Waals surface area contributed by atoms with Gasteiger partial charge in [-0.15, -0.1) is 0 Å². The van der Waals surface area contributed by atoms with E-state index in [0.29, 0.717) is 12.8 Å². The second kappa shape index (κ2) is 58.7. The van der Waals surface area contributed by atoms with Crippen LogP contribution in [0.1, 0.15) is 271 Å². The lowest BCUT2D eigenvalue weighted by atomic mass is 9.99. The van der Waals surface area contributed by atoms with Crippen LogP contribution in [0.2, 0.25) is 0 Å². The van der Waals surface area contributed by atoms with Crippen LogP contribution in [-0.4, -0.2) is 99.6 Å². The maximum Gasteiger partial charge on any atom is 0.306 e. The van der Waals surface area contributed by atoms with Gasteiger partial charge >= 0.3 is 5.97 Å². The molecule has 1 amide bonds. The Balaban J connectivity index is 2.69. The van der Waals surface area contributed by atoms with E-state index in [1.807, 2.05) is 6.08 Å². The van der Waals surface area contributed by atoms with Gasteiger partial charge in [0, 0.05) is 6.42 Å². The zero-order valence-electron chi connectivity index (χ0n) is 52.8. The summed E-state index contributed by atoms with van der Waals surface area (Å²) in [5.74, 6) is -1.24. The molecule has 8 atom stereocenters. The smallest absolute Gasteiger partial charge is 0.306 e. The number of carbonyl (C=O) groups is 2. The first-order valence-corrected chi connectivity index (χ1v) is 33.7. The number of amides is 1. The van der Waals surface area contributed by atoms with Crippen molar-refractivity contribution < 1.29 is 49.3 Å². The molecule has 0 radical (unpaired) electrons. The Morgan fingerprint density at radius 1 is 0.470 bits per heavy atom. The minimum Gasteiger partial charge on any atom is -0.454 e.